The number of carbonyl (C=O) groups excluding carboxylic acids is 1. The summed E-state index contributed by atoms with van der Waals surface area (Å²) in [6.45, 7) is 1.93. The van der Waals surface area contributed by atoms with Crippen LogP contribution in [0.2, 0.25) is 0 Å². The maximum absolute atomic E-state index is 12.5. The van der Waals surface area contributed by atoms with Gasteiger partial charge in [0.1, 0.15) is 5.82 Å². The van der Waals surface area contributed by atoms with Crippen LogP contribution >= 0.6 is 0 Å². The molecule has 8 nitrogen and oxygen atoms in total. The lowest BCUT2D eigenvalue weighted by molar-refractivity contribution is -0.139. The molecule has 0 unspecified atom stereocenters. The summed E-state index contributed by atoms with van der Waals surface area (Å²) in [5, 5.41) is 11.6. The van der Waals surface area contributed by atoms with Gasteiger partial charge < -0.3 is 24.5 Å². The first-order valence-corrected chi connectivity index (χ1v) is 8.79. The molecule has 3 rings (SSSR count). The van der Waals surface area contributed by atoms with E-state index in [-0.39, 0.29) is 18.2 Å². The van der Waals surface area contributed by atoms with E-state index in [1.165, 1.54) is 12.1 Å². The summed E-state index contributed by atoms with van der Waals surface area (Å²) in [6.07, 6.45) is 0. The van der Waals surface area contributed by atoms with E-state index in [0.717, 1.165) is 16.9 Å². The number of aromatic nitrogens is 2. The number of imidazole rings is 1. The molecule has 0 atom stereocenters. The Hall–Kier alpha value is -3.55. The molecule has 0 spiro atoms. The van der Waals surface area contributed by atoms with E-state index in [0.29, 0.717) is 17.9 Å². The van der Waals surface area contributed by atoms with Gasteiger partial charge in [-0.3, -0.25) is 4.79 Å². The number of aryl methyl sites for hydroxylation is 1. The molecule has 0 aliphatic rings. The highest BCUT2D eigenvalue weighted by Crippen LogP contribution is 2.28. The fraction of sp³-hybridized carbons (Fsp3) is 0.250. The second-order valence-electron chi connectivity index (χ2n) is 6.04. The van der Waals surface area contributed by atoms with Crippen molar-refractivity contribution in [1.29, 1.82) is 0 Å². The fourth-order valence-corrected chi connectivity index (χ4v) is 2.79. The van der Waals surface area contributed by atoms with Crippen LogP contribution in [0.15, 0.2) is 42.5 Å². The van der Waals surface area contributed by atoms with E-state index in [1.807, 2.05) is 35.9 Å². The largest absolute Gasteiger partial charge is 0.490 e. The minimum Gasteiger partial charge on any atom is -0.490 e. The number of amides is 1. The average molecular weight is 383 g/mol. The van der Waals surface area contributed by atoms with E-state index >= 15 is 0 Å². The number of nitrogens with zero attached hydrogens (tertiary/aromatic N) is 2. The molecule has 1 heterocycles. The molecular formula is C20H21N3O5. The van der Waals surface area contributed by atoms with Crippen molar-refractivity contribution in [3.63, 3.8) is 0 Å². The van der Waals surface area contributed by atoms with Crippen LogP contribution in [0, 0.1) is 0 Å². The highest BCUT2D eigenvalue weighted by molar-refractivity contribution is 5.94. The summed E-state index contributed by atoms with van der Waals surface area (Å²) >= 11 is 0. The van der Waals surface area contributed by atoms with Crippen LogP contribution in [-0.2, 0) is 18.4 Å². The number of carbonyl (C=O) groups is 2. The number of ether oxygens (including phenoxy) is 2. The van der Waals surface area contributed by atoms with Crippen LogP contribution in [0.25, 0.3) is 11.0 Å². The van der Waals surface area contributed by atoms with Gasteiger partial charge in [0.05, 0.1) is 24.2 Å². The molecular weight excluding hydrogens is 362 g/mol. The van der Waals surface area contributed by atoms with Gasteiger partial charge in [0, 0.05) is 12.6 Å². The van der Waals surface area contributed by atoms with Crippen LogP contribution < -0.4 is 14.8 Å². The summed E-state index contributed by atoms with van der Waals surface area (Å²) in [5.74, 6) is -0.0548. The smallest absolute Gasteiger partial charge is 0.341 e. The number of hydrogen-bond acceptors (Lipinski definition) is 5. The summed E-state index contributed by atoms with van der Waals surface area (Å²) in [4.78, 5) is 27.8. The Kier molecular flexibility index (Phi) is 5.78. The van der Waals surface area contributed by atoms with Gasteiger partial charge in [-0.1, -0.05) is 12.1 Å². The molecule has 2 N–H and O–H groups in total. The topological polar surface area (TPSA) is 103 Å². The van der Waals surface area contributed by atoms with E-state index in [2.05, 4.69) is 10.3 Å². The Bertz CT molecular complexity index is 1010. The number of carboxylic acid groups (broad SMARTS) is 1. The van der Waals surface area contributed by atoms with Gasteiger partial charge in [-0.15, -0.1) is 0 Å². The summed E-state index contributed by atoms with van der Waals surface area (Å²) in [7, 11) is 1.90. The van der Waals surface area contributed by atoms with Crippen LogP contribution in [0.3, 0.4) is 0 Å². The van der Waals surface area contributed by atoms with Crippen molar-refractivity contribution in [1.82, 2.24) is 14.9 Å². The Balaban J connectivity index is 1.73. The molecule has 0 bridgehead atoms. The molecule has 0 aliphatic heterocycles. The standard InChI is InChI=1S/C20H21N3O5/c1-3-27-17-10-13(8-9-16(17)28-12-19(24)25)20(26)21-11-18-22-14-6-4-5-7-15(14)23(18)2/h4-10H,3,11-12H2,1-2H3,(H,21,26)(H,24,25). The van der Waals surface area contributed by atoms with E-state index in [4.69, 9.17) is 14.6 Å². The summed E-state index contributed by atoms with van der Waals surface area (Å²) in [6, 6.07) is 12.4. The minimum absolute atomic E-state index is 0.269. The molecule has 0 saturated carbocycles. The van der Waals surface area contributed by atoms with Crippen LogP contribution in [0.4, 0.5) is 0 Å². The maximum Gasteiger partial charge on any atom is 0.341 e. The van der Waals surface area contributed by atoms with E-state index in [9.17, 15) is 9.59 Å². The van der Waals surface area contributed by atoms with Crippen molar-refractivity contribution < 1.29 is 24.2 Å². The molecule has 0 aliphatic carbocycles. The van der Waals surface area contributed by atoms with Crippen LogP contribution in [0.1, 0.15) is 23.1 Å². The molecule has 3 aromatic rings. The van der Waals surface area contributed by atoms with Gasteiger partial charge in [-0.2, -0.15) is 0 Å². The van der Waals surface area contributed by atoms with Crippen molar-refractivity contribution in [2.75, 3.05) is 13.2 Å². The third-order valence-electron chi connectivity index (χ3n) is 4.14. The monoisotopic (exact) mass is 383 g/mol. The number of benzene rings is 2. The Morgan fingerprint density at radius 3 is 2.64 bits per heavy atom. The van der Waals surface area contributed by atoms with Gasteiger partial charge in [-0.05, 0) is 37.3 Å². The summed E-state index contributed by atoms with van der Waals surface area (Å²) in [5.41, 5.74) is 2.24. The molecule has 28 heavy (non-hydrogen) atoms. The summed E-state index contributed by atoms with van der Waals surface area (Å²) < 4.78 is 12.6. The molecule has 1 aromatic heterocycles. The minimum atomic E-state index is -1.09. The zero-order valence-corrected chi connectivity index (χ0v) is 15.6. The van der Waals surface area contributed by atoms with Gasteiger partial charge in [0.25, 0.3) is 5.91 Å². The lowest BCUT2D eigenvalue weighted by Gasteiger charge is -2.12. The van der Waals surface area contributed by atoms with Crippen molar-refractivity contribution in [3.8, 4) is 11.5 Å². The number of hydrogen-bond donors (Lipinski definition) is 2. The van der Waals surface area contributed by atoms with Gasteiger partial charge in [0.15, 0.2) is 18.1 Å². The highest BCUT2D eigenvalue weighted by atomic mass is 16.5. The molecule has 2 aromatic carbocycles. The van der Waals surface area contributed by atoms with E-state index < -0.39 is 12.6 Å². The number of rotatable bonds is 8. The Labute approximate surface area is 161 Å². The number of nitrogens with one attached hydrogen (secondary N) is 1. The van der Waals surface area contributed by atoms with E-state index in [1.54, 1.807) is 13.0 Å². The number of carboxylic acids is 1. The second-order valence-corrected chi connectivity index (χ2v) is 6.04. The molecule has 1 amide bonds. The number of fused-ring (bicyclic) bond motifs is 1. The Morgan fingerprint density at radius 2 is 1.93 bits per heavy atom. The van der Waals surface area contributed by atoms with Crippen LogP contribution in [0.5, 0.6) is 11.5 Å². The molecule has 0 saturated heterocycles. The third kappa shape index (κ3) is 4.22. The first kappa shape index (κ1) is 19.2. The molecule has 146 valence electrons. The highest BCUT2D eigenvalue weighted by Gasteiger charge is 2.14. The zero-order valence-electron chi connectivity index (χ0n) is 15.6. The SMILES string of the molecule is CCOc1cc(C(=O)NCc2nc3ccccc3n2C)ccc1OCC(=O)O. The normalized spacial score (nSPS) is 10.6. The van der Waals surface area contributed by atoms with Gasteiger partial charge in [0.2, 0.25) is 0 Å². The van der Waals surface area contributed by atoms with Crippen molar-refractivity contribution in [2.24, 2.45) is 7.05 Å². The molecule has 8 heteroatoms. The van der Waals surface area contributed by atoms with Crippen molar-refractivity contribution in [3.05, 3.63) is 53.9 Å². The predicted molar refractivity (Wildman–Crippen MR) is 103 cm³/mol. The second kappa shape index (κ2) is 8.43. The molecule has 0 fully saturated rings. The first-order chi connectivity index (χ1) is 13.5. The number of aliphatic carboxylic acids is 1. The van der Waals surface area contributed by atoms with Gasteiger partial charge >= 0.3 is 5.97 Å². The Morgan fingerprint density at radius 1 is 1.14 bits per heavy atom. The third-order valence-corrected chi connectivity index (χ3v) is 4.14. The predicted octanol–water partition coefficient (Wildman–Crippen LogP) is 2.37. The molecule has 0 radical (unpaired) electrons. The van der Waals surface area contributed by atoms with Crippen molar-refractivity contribution in [2.45, 2.75) is 13.5 Å². The lowest BCUT2D eigenvalue weighted by atomic mass is 10.2. The first-order valence-electron chi connectivity index (χ1n) is 8.79. The average Bonchev–Trinajstić information content (AvgIpc) is 3.01. The lowest BCUT2D eigenvalue weighted by Crippen LogP contribution is -2.24. The van der Waals surface area contributed by atoms with Crippen molar-refractivity contribution >= 4 is 22.9 Å². The fourth-order valence-electron chi connectivity index (χ4n) is 2.79. The van der Waals surface area contributed by atoms with Crippen LogP contribution in [-0.4, -0.2) is 39.7 Å². The quantitative estimate of drug-likeness (QED) is 0.619. The number of para-hydroxylation sites is 2. The zero-order chi connectivity index (χ0) is 20.1. The maximum atomic E-state index is 12.5. The van der Waals surface area contributed by atoms with Gasteiger partial charge in [-0.25, -0.2) is 9.78 Å².